The predicted octanol–water partition coefficient (Wildman–Crippen LogP) is 2.72. The first-order valence-corrected chi connectivity index (χ1v) is 10.8. The maximum atomic E-state index is 12.9. The lowest BCUT2D eigenvalue weighted by molar-refractivity contribution is -0.129. The molecule has 9 heteroatoms. The van der Waals surface area contributed by atoms with Gasteiger partial charge < -0.3 is 20.5 Å². The SMILES string of the molecule is COCCn1cc(-c2ccc(CC(C#N)NC(=O)C3(NC(=O)O)CCCCC3)cc2)cn1. The number of carbonyl (C=O) groups is 2. The smallest absolute Gasteiger partial charge is 0.405 e. The maximum Gasteiger partial charge on any atom is 0.405 e. The van der Waals surface area contributed by atoms with Crippen molar-refractivity contribution in [1.82, 2.24) is 20.4 Å². The van der Waals surface area contributed by atoms with Crippen LogP contribution in [0.3, 0.4) is 0 Å². The molecule has 0 aliphatic heterocycles. The highest BCUT2D eigenvalue weighted by Gasteiger charge is 2.41. The number of nitrogens with one attached hydrogen (secondary N) is 2. The van der Waals surface area contributed by atoms with Gasteiger partial charge in [-0.25, -0.2) is 4.79 Å². The van der Waals surface area contributed by atoms with E-state index in [4.69, 9.17) is 4.74 Å². The molecule has 1 aromatic heterocycles. The maximum absolute atomic E-state index is 12.9. The summed E-state index contributed by atoms with van der Waals surface area (Å²) >= 11 is 0. The molecular formula is C23H29N5O4. The number of carboxylic acid groups (broad SMARTS) is 1. The molecule has 32 heavy (non-hydrogen) atoms. The second-order valence-corrected chi connectivity index (χ2v) is 8.11. The average molecular weight is 440 g/mol. The van der Waals surface area contributed by atoms with Crippen LogP contribution in [0.15, 0.2) is 36.7 Å². The third-order valence-corrected chi connectivity index (χ3v) is 5.83. The van der Waals surface area contributed by atoms with Crippen LogP contribution in [-0.2, 0) is 22.5 Å². The normalized spacial score (nSPS) is 16.0. The molecular weight excluding hydrogens is 410 g/mol. The summed E-state index contributed by atoms with van der Waals surface area (Å²) in [5.41, 5.74) is 1.72. The van der Waals surface area contributed by atoms with Gasteiger partial charge in [-0.05, 0) is 24.0 Å². The zero-order chi connectivity index (χ0) is 23.0. The third kappa shape index (κ3) is 5.86. The van der Waals surface area contributed by atoms with Crippen molar-refractivity contribution in [2.75, 3.05) is 13.7 Å². The summed E-state index contributed by atoms with van der Waals surface area (Å²) in [6.07, 6.45) is 6.24. The van der Waals surface area contributed by atoms with E-state index in [1.165, 1.54) is 0 Å². The van der Waals surface area contributed by atoms with Crippen molar-refractivity contribution < 1.29 is 19.4 Å². The van der Waals surface area contributed by atoms with E-state index >= 15 is 0 Å². The molecule has 3 N–H and O–H groups in total. The van der Waals surface area contributed by atoms with Crippen LogP contribution in [0, 0.1) is 11.3 Å². The molecule has 1 aliphatic carbocycles. The Balaban J connectivity index is 1.63. The van der Waals surface area contributed by atoms with E-state index in [0.29, 0.717) is 32.4 Å². The highest BCUT2D eigenvalue weighted by Crippen LogP contribution is 2.29. The summed E-state index contributed by atoms with van der Waals surface area (Å²) in [6.45, 7) is 1.26. The number of benzene rings is 1. The van der Waals surface area contributed by atoms with Gasteiger partial charge in [0.15, 0.2) is 0 Å². The molecule has 170 valence electrons. The molecule has 1 aromatic carbocycles. The lowest BCUT2D eigenvalue weighted by Gasteiger charge is -2.36. The molecule has 0 radical (unpaired) electrons. The van der Waals surface area contributed by atoms with Crippen molar-refractivity contribution in [3.05, 3.63) is 42.2 Å². The number of hydrogen-bond donors (Lipinski definition) is 3. The summed E-state index contributed by atoms with van der Waals surface area (Å²) in [5.74, 6) is -0.425. The van der Waals surface area contributed by atoms with E-state index in [0.717, 1.165) is 36.0 Å². The van der Waals surface area contributed by atoms with Gasteiger partial charge in [-0.15, -0.1) is 0 Å². The van der Waals surface area contributed by atoms with Crippen LogP contribution in [0.25, 0.3) is 11.1 Å². The molecule has 2 aromatic rings. The quantitative estimate of drug-likeness (QED) is 0.551. The number of aromatic nitrogens is 2. The molecule has 0 bridgehead atoms. The first-order chi connectivity index (χ1) is 15.5. The van der Waals surface area contributed by atoms with Crippen LogP contribution in [0.5, 0.6) is 0 Å². The topological polar surface area (TPSA) is 129 Å². The number of ether oxygens (including phenoxy) is 1. The number of nitriles is 1. The molecule has 3 rings (SSSR count). The Bertz CT molecular complexity index is 958. The van der Waals surface area contributed by atoms with E-state index in [1.54, 1.807) is 13.3 Å². The largest absolute Gasteiger partial charge is 0.465 e. The second kappa shape index (κ2) is 10.8. The molecule has 2 amide bonds. The molecule has 1 atom stereocenters. The summed E-state index contributed by atoms with van der Waals surface area (Å²) in [5, 5.41) is 28.3. The van der Waals surface area contributed by atoms with Gasteiger partial charge in [0.2, 0.25) is 5.91 Å². The Labute approximate surface area is 187 Å². The molecule has 1 heterocycles. The second-order valence-electron chi connectivity index (χ2n) is 8.11. The molecule has 1 aliphatic rings. The fraction of sp³-hybridized carbons (Fsp3) is 0.478. The van der Waals surface area contributed by atoms with Crippen LogP contribution in [0.2, 0.25) is 0 Å². The number of hydrogen-bond acceptors (Lipinski definition) is 5. The van der Waals surface area contributed by atoms with Gasteiger partial charge in [-0.3, -0.25) is 9.48 Å². The van der Waals surface area contributed by atoms with E-state index in [1.807, 2.05) is 35.1 Å². The Morgan fingerprint density at radius 3 is 2.59 bits per heavy atom. The van der Waals surface area contributed by atoms with Gasteiger partial charge >= 0.3 is 6.09 Å². The Hall–Kier alpha value is -3.38. The minimum absolute atomic E-state index is 0.332. The first-order valence-electron chi connectivity index (χ1n) is 10.8. The van der Waals surface area contributed by atoms with Crippen LogP contribution < -0.4 is 10.6 Å². The van der Waals surface area contributed by atoms with Gasteiger partial charge in [0.25, 0.3) is 0 Å². The van der Waals surface area contributed by atoms with Gasteiger partial charge in [0.1, 0.15) is 11.6 Å². The van der Waals surface area contributed by atoms with Crippen molar-refractivity contribution in [2.24, 2.45) is 0 Å². The van der Waals surface area contributed by atoms with E-state index < -0.39 is 23.6 Å². The molecule has 0 saturated heterocycles. The Kier molecular flexibility index (Phi) is 7.84. The number of amides is 2. The molecule has 1 saturated carbocycles. The summed E-state index contributed by atoms with van der Waals surface area (Å²) < 4.78 is 6.88. The van der Waals surface area contributed by atoms with Crippen LogP contribution in [0.4, 0.5) is 4.79 Å². The number of rotatable bonds is 9. The summed E-state index contributed by atoms with van der Waals surface area (Å²) in [6, 6.07) is 9.13. The fourth-order valence-corrected chi connectivity index (χ4v) is 4.08. The Morgan fingerprint density at radius 1 is 1.25 bits per heavy atom. The average Bonchev–Trinajstić information content (AvgIpc) is 3.26. The highest BCUT2D eigenvalue weighted by atomic mass is 16.5. The standard InChI is InChI=1S/C23H29N5O4/c1-32-12-11-28-16-19(15-25-28)18-7-5-17(6-8-18)13-20(14-24)26-21(29)23(27-22(30)31)9-3-2-4-10-23/h5-8,15-16,20,27H,2-4,9-13H2,1H3,(H,26,29)(H,30,31). The minimum Gasteiger partial charge on any atom is -0.465 e. The van der Waals surface area contributed by atoms with Gasteiger partial charge in [0, 0.05) is 25.3 Å². The monoisotopic (exact) mass is 439 g/mol. The Morgan fingerprint density at radius 2 is 1.97 bits per heavy atom. The molecule has 1 fully saturated rings. The summed E-state index contributed by atoms with van der Waals surface area (Å²) in [7, 11) is 1.65. The zero-order valence-corrected chi connectivity index (χ0v) is 18.2. The lowest BCUT2D eigenvalue weighted by atomic mass is 9.80. The van der Waals surface area contributed by atoms with Gasteiger partial charge in [0.05, 0.1) is 25.4 Å². The van der Waals surface area contributed by atoms with Crippen LogP contribution >= 0.6 is 0 Å². The molecule has 0 spiro atoms. The first kappa shape index (κ1) is 23.3. The fourth-order valence-electron chi connectivity index (χ4n) is 4.08. The van der Waals surface area contributed by atoms with Crippen LogP contribution in [0.1, 0.15) is 37.7 Å². The van der Waals surface area contributed by atoms with E-state index in [9.17, 15) is 20.0 Å². The highest BCUT2D eigenvalue weighted by molar-refractivity contribution is 5.90. The minimum atomic E-state index is -1.23. The van der Waals surface area contributed by atoms with Crippen molar-refractivity contribution in [3.63, 3.8) is 0 Å². The zero-order valence-electron chi connectivity index (χ0n) is 18.2. The number of methoxy groups -OCH3 is 1. The van der Waals surface area contributed by atoms with Gasteiger partial charge in [-0.1, -0.05) is 43.5 Å². The van der Waals surface area contributed by atoms with Crippen molar-refractivity contribution in [2.45, 2.75) is 56.7 Å². The van der Waals surface area contributed by atoms with E-state index in [-0.39, 0.29) is 0 Å². The third-order valence-electron chi connectivity index (χ3n) is 5.83. The molecule has 1 unspecified atom stereocenters. The number of nitrogens with zero attached hydrogens (tertiary/aromatic N) is 3. The van der Waals surface area contributed by atoms with Crippen LogP contribution in [-0.4, -0.2) is 52.2 Å². The van der Waals surface area contributed by atoms with Crippen molar-refractivity contribution in [3.8, 4) is 17.2 Å². The van der Waals surface area contributed by atoms with Crippen molar-refractivity contribution >= 4 is 12.0 Å². The number of carbonyl (C=O) groups excluding carboxylic acids is 1. The molecule has 9 nitrogen and oxygen atoms in total. The van der Waals surface area contributed by atoms with E-state index in [2.05, 4.69) is 21.8 Å². The lowest BCUT2D eigenvalue weighted by Crippen LogP contribution is -2.61. The van der Waals surface area contributed by atoms with Gasteiger partial charge in [-0.2, -0.15) is 10.4 Å². The predicted molar refractivity (Wildman–Crippen MR) is 118 cm³/mol. The van der Waals surface area contributed by atoms with Crippen molar-refractivity contribution in [1.29, 1.82) is 5.26 Å². The summed E-state index contributed by atoms with van der Waals surface area (Å²) in [4.78, 5) is 24.2.